The number of nitrogens with zero attached hydrogens (tertiary/aromatic N) is 1. The van der Waals surface area contributed by atoms with Gasteiger partial charge in [-0.1, -0.05) is 27.2 Å². The average Bonchev–Trinajstić information content (AvgIpc) is 2.88. The fourth-order valence-corrected chi connectivity index (χ4v) is 4.22. The summed E-state index contributed by atoms with van der Waals surface area (Å²) in [5.41, 5.74) is -0.259. The molecule has 1 aliphatic heterocycles. The predicted octanol–water partition coefficient (Wildman–Crippen LogP) is 3.68. The zero-order valence-corrected chi connectivity index (χ0v) is 16.7. The van der Waals surface area contributed by atoms with Crippen molar-refractivity contribution < 1.29 is 18.8 Å². The van der Waals surface area contributed by atoms with E-state index in [4.69, 9.17) is 0 Å². The van der Waals surface area contributed by atoms with Gasteiger partial charge in [-0.2, -0.15) is 0 Å². The summed E-state index contributed by atoms with van der Waals surface area (Å²) in [5, 5.41) is 5.43. The first-order chi connectivity index (χ1) is 13.2. The molecule has 0 unspecified atom stereocenters. The first-order valence-corrected chi connectivity index (χ1v) is 9.86. The van der Waals surface area contributed by atoms with E-state index in [1.165, 1.54) is 24.3 Å². The number of urea groups is 1. The monoisotopic (exact) mass is 389 g/mol. The van der Waals surface area contributed by atoms with Crippen molar-refractivity contribution in [1.82, 2.24) is 10.2 Å². The molecule has 4 amide bonds. The number of nitrogens with one attached hydrogen (secondary N) is 2. The van der Waals surface area contributed by atoms with E-state index in [0.717, 1.165) is 24.2 Å². The summed E-state index contributed by atoms with van der Waals surface area (Å²) in [6.45, 7) is 6.32. The Hall–Kier alpha value is -2.44. The lowest BCUT2D eigenvalue weighted by Gasteiger charge is -2.42. The van der Waals surface area contributed by atoms with Crippen LogP contribution in [0.1, 0.15) is 52.9 Å². The molecule has 7 heteroatoms. The number of carbonyl (C=O) groups is 3. The third-order valence-corrected chi connectivity index (χ3v) is 6.53. The molecule has 0 bridgehead atoms. The lowest BCUT2D eigenvalue weighted by molar-refractivity contribution is -0.135. The smallest absolute Gasteiger partial charge is 0.325 e. The van der Waals surface area contributed by atoms with Crippen LogP contribution in [0.3, 0.4) is 0 Å². The van der Waals surface area contributed by atoms with E-state index in [1.54, 1.807) is 0 Å². The van der Waals surface area contributed by atoms with Gasteiger partial charge < -0.3 is 10.6 Å². The lowest BCUT2D eigenvalue weighted by Crippen LogP contribution is -2.51. The number of carbonyl (C=O) groups excluding carboxylic acids is 3. The van der Waals surface area contributed by atoms with Crippen LogP contribution in [-0.2, 0) is 9.59 Å². The number of benzene rings is 1. The number of imide groups is 1. The van der Waals surface area contributed by atoms with E-state index >= 15 is 0 Å². The van der Waals surface area contributed by atoms with Gasteiger partial charge in [0.05, 0.1) is 0 Å². The van der Waals surface area contributed by atoms with Crippen LogP contribution >= 0.6 is 0 Å². The van der Waals surface area contributed by atoms with Gasteiger partial charge in [0, 0.05) is 5.69 Å². The zero-order chi connectivity index (χ0) is 20.5. The van der Waals surface area contributed by atoms with Gasteiger partial charge >= 0.3 is 6.03 Å². The zero-order valence-electron chi connectivity index (χ0n) is 16.7. The fourth-order valence-electron chi connectivity index (χ4n) is 4.22. The third-order valence-electron chi connectivity index (χ3n) is 6.53. The maximum atomic E-state index is 13.0. The molecule has 0 atom stereocenters. The van der Waals surface area contributed by atoms with Crippen LogP contribution in [-0.4, -0.2) is 34.8 Å². The second-order valence-electron chi connectivity index (χ2n) is 8.58. The van der Waals surface area contributed by atoms with Crippen molar-refractivity contribution in [3.63, 3.8) is 0 Å². The van der Waals surface area contributed by atoms with E-state index in [0.29, 0.717) is 24.4 Å². The quantitative estimate of drug-likeness (QED) is 0.754. The summed E-state index contributed by atoms with van der Waals surface area (Å²) in [4.78, 5) is 38.6. The lowest BCUT2D eigenvalue weighted by atomic mass is 9.65. The van der Waals surface area contributed by atoms with Crippen LogP contribution in [0.15, 0.2) is 24.3 Å². The van der Waals surface area contributed by atoms with Gasteiger partial charge in [-0.3, -0.25) is 14.5 Å². The van der Waals surface area contributed by atoms with Crippen molar-refractivity contribution in [3.8, 4) is 0 Å². The topological polar surface area (TPSA) is 78.5 Å². The number of amides is 4. The van der Waals surface area contributed by atoms with Crippen molar-refractivity contribution in [3.05, 3.63) is 30.1 Å². The normalized spacial score (nSPS) is 25.1. The van der Waals surface area contributed by atoms with Crippen molar-refractivity contribution in [1.29, 1.82) is 0 Å². The molecule has 3 rings (SSSR count). The Morgan fingerprint density at radius 3 is 2.43 bits per heavy atom. The summed E-state index contributed by atoms with van der Waals surface area (Å²) >= 11 is 0. The molecule has 6 nitrogen and oxygen atoms in total. The maximum absolute atomic E-state index is 13.0. The molecule has 1 heterocycles. The molecule has 0 aromatic heterocycles. The van der Waals surface area contributed by atoms with Crippen molar-refractivity contribution >= 4 is 23.5 Å². The van der Waals surface area contributed by atoms with Crippen molar-refractivity contribution in [2.75, 3.05) is 11.9 Å². The van der Waals surface area contributed by atoms with E-state index in [-0.39, 0.29) is 17.9 Å². The summed E-state index contributed by atoms with van der Waals surface area (Å²) < 4.78 is 13.0. The highest BCUT2D eigenvalue weighted by Crippen LogP contribution is 2.45. The van der Waals surface area contributed by atoms with Crippen LogP contribution < -0.4 is 10.6 Å². The van der Waals surface area contributed by atoms with Gasteiger partial charge in [0.15, 0.2) is 0 Å². The molecular formula is C21H28FN3O3. The minimum Gasteiger partial charge on any atom is -0.325 e. The maximum Gasteiger partial charge on any atom is 0.325 e. The Morgan fingerprint density at radius 2 is 1.86 bits per heavy atom. The Labute approximate surface area is 164 Å². The molecule has 1 aromatic carbocycles. The van der Waals surface area contributed by atoms with E-state index < -0.39 is 23.3 Å². The van der Waals surface area contributed by atoms with Gasteiger partial charge in [-0.25, -0.2) is 9.18 Å². The molecule has 2 aliphatic rings. The first-order valence-electron chi connectivity index (χ1n) is 9.86. The van der Waals surface area contributed by atoms with Crippen LogP contribution in [0.4, 0.5) is 14.9 Å². The van der Waals surface area contributed by atoms with Crippen LogP contribution in [0.25, 0.3) is 0 Å². The number of halogens is 1. The second kappa shape index (κ2) is 7.53. The summed E-state index contributed by atoms with van der Waals surface area (Å²) in [6, 6.07) is 4.80. The number of anilines is 1. The highest BCUT2D eigenvalue weighted by molar-refractivity contribution is 6.10. The van der Waals surface area contributed by atoms with Gasteiger partial charge in [-0.05, 0) is 61.3 Å². The largest absolute Gasteiger partial charge is 0.325 e. The van der Waals surface area contributed by atoms with Crippen LogP contribution in [0.5, 0.6) is 0 Å². The minimum atomic E-state index is -0.881. The molecule has 1 saturated carbocycles. The average molecular weight is 389 g/mol. The van der Waals surface area contributed by atoms with Gasteiger partial charge in [0.1, 0.15) is 17.9 Å². The summed E-state index contributed by atoms with van der Waals surface area (Å²) in [6.07, 6.45) is 4.02. The molecule has 1 spiro atoms. The van der Waals surface area contributed by atoms with Crippen LogP contribution in [0.2, 0.25) is 0 Å². The molecule has 28 heavy (non-hydrogen) atoms. The van der Waals surface area contributed by atoms with Gasteiger partial charge in [0.25, 0.3) is 5.91 Å². The molecule has 1 aliphatic carbocycles. The molecule has 1 aromatic rings. The molecular weight excluding hydrogens is 361 g/mol. The molecule has 2 N–H and O–H groups in total. The predicted molar refractivity (Wildman–Crippen MR) is 104 cm³/mol. The summed E-state index contributed by atoms with van der Waals surface area (Å²) in [5.74, 6) is -0.702. The van der Waals surface area contributed by atoms with Gasteiger partial charge in [0.2, 0.25) is 5.91 Å². The standard InChI is InChI=1S/C21H28FN3O3/c1-4-20(2,3)14-9-11-21(12-10-14)18(27)25(19(28)24-21)13-17(26)23-16-7-5-15(22)6-8-16/h5-8,14H,4,9-13H2,1-3H3,(H,23,26)(H,24,28). The van der Waals surface area contributed by atoms with E-state index in [2.05, 4.69) is 31.4 Å². The van der Waals surface area contributed by atoms with Crippen molar-refractivity contribution in [2.45, 2.75) is 58.4 Å². The highest BCUT2D eigenvalue weighted by Gasteiger charge is 2.53. The Balaban J connectivity index is 1.62. The molecule has 0 radical (unpaired) electrons. The Kier molecular flexibility index (Phi) is 5.46. The first kappa shape index (κ1) is 20.3. The molecule has 1 saturated heterocycles. The van der Waals surface area contributed by atoms with Gasteiger partial charge in [-0.15, -0.1) is 0 Å². The second-order valence-corrected chi connectivity index (χ2v) is 8.58. The Bertz CT molecular complexity index is 768. The minimum absolute atomic E-state index is 0.210. The summed E-state index contributed by atoms with van der Waals surface area (Å²) in [7, 11) is 0. The number of rotatable bonds is 5. The van der Waals surface area contributed by atoms with Crippen LogP contribution in [0, 0.1) is 17.2 Å². The fraction of sp³-hybridized carbons (Fsp3) is 0.571. The van der Waals surface area contributed by atoms with Crippen molar-refractivity contribution in [2.24, 2.45) is 11.3 Å². The number of hydrogen-bond donors (Lipinski definition) is 2. The third kappa shape index (κ3) is 3.88. The Morgan fingerprint density at radius 1 is 1.25 bits per heavy atom. The number of hydrogen-bond acceptors (Lipinski definition) is 3. The molecule has 2 fully saturated rings. The highest BCUT2D eigenvalue weighted by atomic mass is 19.1. The van der Waals surface area contributed by atoms with E-state index in [9.17, 15) is 18.8 Å². The molecule has 152 valence electrons. The van der Waals surface area contributed by atoms with E-state index in [1.807, 2.05) is 0 Å². The SMILES string of the molecule is CCC(C)(C)C1CCC2(CC1)NC(=O)N(CC(=O)Nc1ccc(F)cc1)C2=O.